The number of hydrogen-bond donors (Lipinski definition) is 3. The van der Waals surface area contributed by atoms with Gasteiger partial charge >= 0.3 is 5.97 Å². The molecule has 0 aliphatic heterocycles. The third kappa shape index (κ3) is 6.81. The van der Waals surface area contributed by atoms with E-state index >= 15 is 0 Å². The van der Waals surface area contributed by atoms with Crippen LogP contribution in [0.3, 0.4) is 0 Å². The van der Waals surface area contributed by atoms with Crippen molar-refractivity contribution in [3.8, 4) is 0 Å². The Bertz CT molecular complexity index is 554. The summed E-state index contributed by atoms with van der Waals surface area (Å²) in [5, 5.41) is 21.3. The van der Waals surface area contributed by atoms with Gasteiger partial charge in [0.15, 0.2) is 5.82 Å². The minimum absolute atomic E-state index is 0.0670. The minimum Gasteiger partial charge on any atom is -0.481 e. The lowest BCUT2D eigenvalue weighted by molar-refractivity contribution is -0.137. The van der Waals surface area contributed by atoms with Crippen molar-refractivity contribution in [2.75, 3.05) is 0 Å². The topological polar surface area (TPSA) is 126 Å². The first kappa shape index (κ1) is 19.4. The highest BCUT2D eigenvalue weighted by atomic mass is 16.5. The smallest absolute Gasteiger partial charge is 0.303 e. The Morgan fingerprint density at radius 2 is 2.04 bits per heavy atom. The fourth-order valence-corrected chi connectivity index (χ4v) is 3.46. The number of hydroxylamine groups is 1. The normalized spacial score (nSPS) is 16.5. The van der Waals surface area contributed by atoms with Gasteiger partial charge < -0.3 is 9.63 Å². The standard InChI is InChI=1S/C17H27N3O5/c21-15(19-24)11-13(8-4-7-12-5-2-1-3-6-12)17-18-14(20-25-17)9-10-16(22)23/h12-13,24H,1-11H2,(H,19,21)(H,22,23)/t13-/m0/s1. The van der Waals surface area contributed by atoms with Crippen LogP contribution in [-0.2, 0) is 16.0 Å². The van der Waals surface area contributed by atoms with E-state index in [4.69, 9.17) is 14.8 Å². The number of rotatable bonds is 10. The largest absolute Gasteiger partial charge is 0.481 e. The molecule has 0 unspecified atom stereocenters. The summed E-state index contributed by atoms with van der Waals surface area (Å²) in [6.45, 7) is 0. The zero-order chi connectivity index (χ0) is 18.1. The van der Waals surface area contributed by atoms with E-state index in [1.165, 1.54) is 32.1 Å². The minimum atomic E-state index is -0.921. The molecule has 1 amide bonds. The number of nitrogens with one attached hydrogen (secondary N) is 1. The van der Waals surface area contributed by atoms with Crippen molar-refractivity contribution in [1.82, 2.24) is 15.6 Å². The number of carboxylic acid groups (broad SMARTS) is 1. The predicted octanol–water partition coefficient (Wildman–Crippen LogP) is 2.82. The first-order chi connectivity index (χ1) is 12.1. The van der Waals surface area contributed by atoms with Crippen LogP contribution in [0.4, 0.5) is 0 Å². The van der Waals surface area contributed by atoms with Gasteiger partial charge in [0.05, 0.1) is 6.42 Å². The Morgan fingerprint density at radius 3 is 2.72 bits per heavy atom. The van der Waals surface area contributed by atoms with Crippen LogP contribution >= 0.6 is 0 Å². The first-order valence-electron chi connectivity index (χ1n) is 9.05. The molecule has 8 nitrogen and oxygen atoms in total. The molecule has 3 N–H and O–H groups in total. The molecule has 8 heteroatoms. The summed E-state index contributed by atoms with van der Waals surface area (Å²) >= 11 is 0. The molecule has 0 spiro atoms. The van der Waals surface area contributed by atoms with Crippen LogP contribution in [0, 0.1) is 5.92 Å². The van der Waals surface area contributed by atoms with E-state index in [0.717, 1.165) is 25.2 Å². The van der Waals surface area contributed by atoms with E-state index in [9.17, 15) is 9.59 Å². The van der Waals surface area contributed by atoms with E-state index in [1.807, 2.05) is 0 Å². The van der Waals surface area contributed by atoms with Crippen LogP contribution < -0.4 is 5.48 Å². The lowest BCUT2D eigenvalue weighted by Crippen LogP contribution is -2.21. The fourth-order valence-electron chi connectivity index (χ4n) is 3.46. The van der Waals surface area contributed by atoms with Crippen LogP contribution in [0.25, 0.3) is 0 Å². The Labute approximate surface area is 147 Å². The maximum atomic E-state index is 11.6. The van der Waals surface area contributed by atoms with Crippen molar-refractivity contribution in [3.05, 3.63) is 11.7 Å². The molecule has 1 aliphatic carbocycles. The predicted molar refractivity (Wildman–Crippen MR) is 88.0 cm³/mol. The van der Waals surface area contributed by atoms with Crippen LogP contribution in [0.15, 0.2) is 4.52 Å². The third-order valence-electron chi connectivity index (χ3n) is 4.84. The molecule has 0 bridgehead atoms. The molecule has 1 atom stereocenters. The summed E-state index contributed by atoms with van der Waals surface area (Å²) in [5.74, 6) is -0.244. The van der Waals surface area contributed by atoms with Gasteiger partial charge in [-0.3, -0.25) is 14.8 Å². The van der Waals surface area contributed by atoms with E-state index < -0.39 is 11.9 Å². The maximum absolute atomic E-state index is 11.6. The number of carboxylic acids is 1. The van der Waals surface area contributed by atoms with Crippen molar-refractivity contribution in [2.45, 2.75) is 76.5 Å². The zero-order valence-electron chi connectivity index (χ0n) is 14.4. The maximum Gasteiger partial charge on any atom is 0.303 e. The molecular weight excluding hydrogens is 326 g/mol. The molecule has 140 valence electrons. The molecule has 2 rings (SSSR count). The number of aryl methyl sites for hydroxylation is 1. The number of carbonyl (C=O) groups is 2. The second-order valence-electron chi connectivity index (χ2n) is 6.81. The first-order valence-corrected chi connectivity index (χ1v) is 9.05. The number of amides is 1. The second kappa shape index (κ2) is 10.1. The summed E-state index contributed by atoms with van der Waals surface area (Å²) in [6, 6.07) is 0. The molecule has 1 aromatic heterocycles. The number of aromatic nitrogens is 2. The molecule has 25 heavy (non-hydrogen) atoms. The SMILES string of the molecule is O=C(O)CCc1noc([C@@H](CCCC2CCCCC2)CC(=O)NO)n1. The summed E-state index contributed by atoms with van der Waals surface area (Å²) < 4.78 is 5.23. The molecule has 1 heterocycles. The van der Waals surface area contributed by atoms with Gasteiger partial charge in [0.2, 0.25) is 11.8 Å². The average Bonchev–Trinajstić information content (AvgIpc) is 3.08. The average molecular weight is 353 g/mol. The summed E-state index contributed by atoms with van der Waals surface area (Å²) in [4.78, 5) is 26.4. The Morgan fingerprint density at radius 1 is 1.28 bits per heavy atom. The van der Waals surface area contributed by atoms with Crippen molar-refractivity contribution >= 4 is 11.9 Å². The number of hydrogen-bond acceptors (Lipinski definition) is 6. The van der Waals surface area contributed by atoms with E-state index in [-0.39, 0.29) is 25.2 Å². The van der Waals surface area contributed by atoms with Crippen LogP contribution in [0.2, 0.25) is 0 Å². The third-order valence-corrected chi connectivity index (χ3v) is 4.84. The molecule has 0 saturated heterocycles. The highest BCUT2D eigenvalue weighted by Gasteiger charge is 2.23. The van der Waals surface area contributed by atoms with Crippen LogP contribution in [0.5, 0.6) is 0 Å². The molecule has 1 aromatic rings. The van der Waals surface area contributed by atoms with Crippen LogP contribution in [-0.4, -0.2) is 32.3 Å². The van der Waals surface area contributed by atoms with Gasteiger partial charge in [-0.15, -0.1) is 0 Å². The summed E-state index contributed by atoms with van der Waals surface area (Å²) in [5.41, 5.74) is 1.65. The van der Waals surface area contributed by atoms with E-state index in [0.29, 0.717) is 11.7 Å². The highest BCUT2D eigenvalue weighted by molar-refractivity contribution is 5.75. The van der Waals surface area contributed by atoms with Crippen molar-refractivity contribution in [1.29, 1.82) is 0 Å². The lowest BCUT2D eigenvalue weighted by atomic mass is 9.84. The fraction of sp³-hybridized carbons (Fsp3) is 0.765. The van der Waals surface area contributed by atoms with Crippen molar-refractivity contribution in [3.63, 3.8) is 0 Å². The van der Waals surface area contributed by atoms with Crippen molar-refractivity contribution < 1.29 is 24.4 Å². The second-order valence-corrected chi connectivity index (χ2v) is 6.81. The molecule has 0 aromatic carbocycles. The number of carbonyl (C=O) groups excluding carboxylic acids is 1. The molecule has 1 aliphatic rings. The van der Waals surface area contributed by atoms with Crippen molar-refractivity contribution in [2.24, 2.45) is 5.92 Å². The van der Waals surface area contributed by atoms with Crippen LogP contribution in [0.1, 0.15) is 81.8 Å². The Balaban J connectivity index is 1.90. The number of nitrogens with zero attached hydrogens (tertiary/aromatic N) is 2. The van der Waals surface area contributed by atoms with E-state index in [2.05, 4.69) is 10.1 Å². The van der Waals surface area contributed by atoms with Gasteiger partial charge in [0.1, 0.15) is 0 Å². The van der Waals surface area contributed by atoms with E-state index in [1.54, 1.807) is 5.48 Å². The number of aliphatic carboxylic acids is 1. The Hall–Kier alpha value is -1.96. The highest BCUT2D eigenvalue weighted by Crippen LogP contribution is 2.31. The van der Waals surface area contributed by atoms with Gasteiger partial charge in [-0.05, 0) is 12.3 Å². The monoisotopic (exact) mass is 353 g/mol. The van der Waals surface area contributed by atoms with Gasteiger partial charge in [-0.1, -0.05) is 50.1 Å². The molecule has 0 radical (unpaired) electrons. The molecule has 1 saturated carbocycles. The quantitative estimate of drug-likeness (QED) is 0.436. The van der Waals surface area contributed by atoms with Gasteiger partial charge in [-0.25, -0.2) is 5.48 Å². The summed E-state index contributed by atoms with van der Waals surface area (Å²) in [7, 11) is 0. The van der Waals surface area contributed by atoms with Gasteiger partial charge in [0.25, 0.3) is 0 Å². The molecule has 1 fully saturated rings. The summed E-state index contributed by atoms with van der Waals surface area (Å²) in [6.07, 6.45) is 9.50. The Kier molecular flexibility index (Phi) is 7.84. The van der Waals surface area contributed by atoms with Gasteiger partial charge in [0, 0.05) is 18.8 Å². The zero-order valence-corrected chi connectivity index (χ0v) is 14.4. The molecular formula is C17H27N3O5. The van der Waals surface area contributed by atoms with Gasteiger partial charge in [-0.2, -0.15) is 4.98 Å². The lowest BCUT2D eigenvalue weighted by Gasteiger charge is -2.22.